The number of amides is 1. The third-order valence-corrected chi connectivity index (χ3v) is 4.22. The van der Waals surface area contributed by atoms with Crippen LogP contribution in [0.3, 0.4) is 0 Å². The number of nitrogens with one attached hydrogen (secondary N) is 1. The molecular weight excluding hydrogens is 276 g/mol. The number of hydrogen-bond acceptors (Lipinski definition) is 3. The lowest BCUT2D eigenvalue weighted by Crippen LogP contribution is -2.44. The molecule has 0 aliphatic heterocycles. The molecule has 118 valence electrons. The van der Waals surface area contributed by atoms with Gasteiger partial charge in [-0.05, 0) is 22.8 Å². The number of carbonyl (C=O) groups excluding carboxylic acids is 1. The van der Waals surface area contributed by atoms with Crippen molar-refractivity contribution < 1.29 is 9.53 Å². The Balaban J connectivity index is 2.22. The number of fused-ring (bicyclic) bond motifs is 1. The molecule has 2 atom stereocenters. The zero-order valence-electron chi connectivity index (χ0n) is 13.4. The van der Waals surface area contributed by atoms with E-state index in [-0.39, 0.29) is 11.8 Å². The molecule has 2 aromatic rings. The first-order valence-corrected chi connectivity index (χ1v) is 7.66. The van der Waals surface area contributed by atoms with Gasteiger partial charge in [-0.15, -0.1) is 0 Å². The van der Waals surface area contributed by atoms with Crippen LogP contribution >= 0.6 is 0 Å². The van der Waals surface area contributed by atoms with Crippen molar-refractivity contribution in [2.75, 3.05) is 7.11 Å². The van der Waals surface area contributed by atoms with Gasteiger partial charge in [0.1, 0.15) is 5.75 Å². The first kappa shape index (κ1) is 16.3. The highest BCUT2D eigenvalue weighted by Crippen LogP contribution is 2.27. The van der Waals surface area contributed by atoms with Crippen LogP contribution in [-0.4, -0.2) is 19.1 Å². The van der Waals surface area contributed by atoms with Crippen LogP contribution in [-0.2, 0) is 11.3 Å². The second kappa shape index (κ2) is 7.27. The number of methoxy groups -OCH3 is 1. The molecule has 0 spiro atoms. The Bertz CT molecular complexity index is 655. The molecule has 3 N–H and O–H groups in total. The summed E-state index contributed by atoms with van der Waals surface area (Å²) in [7, 11) is 1.64. The SMILES string of the molecule is CCC(C)C(N)C(=O)NCc1c(OC)ccc2ccccc12. The largest absolute Gasteiger partial charge is 0.496 e. The van der Waals surface area contributed by atoms with Crippen molar-refractivity contribution in [3.8, 4) is 5.75 Å². The third-order valence-electron chi connectivity index (χ3n) is 4.22. The monoisotopic (exact) mass is 300 g/mol. The van der Waals surface area contributed by atoms with E-state index in [9.17, 15) is 4.79 Å². The molecule has 22 heavy (non-hydrogen) atoms. The van der Waals surface area contributed by atoms with E-state index in [1.807, 2.05) is 50.2 Å². The van der Waals surface area contributed by atoms with Crippen LogP contribution in [0.25, 0.3) is 10.8 Å². The van der Waals surface area contributed by atoms with E-state index in [1.165, 1.54) is 0 Å². The number of nitrogens with two attached hydrogens (primary N) is 1. The maximum atomic E-state index is 12.2. The fraction of sp³-hybridized carbons (Fsp3) is 0.389. The van der Waals surface area contributed by atoms with Crippen molar-refractivity contribution in [1.29, 1.82) is 0 Å². The van der Waals surface area contributed by atoms with Gasteiger partial charge in [-0.25, -0.2) is 0 Å². The predicted molar refractivity (Wildman–Crippen MR) is 89.8 cm³/mol. The van der Waals surface area contributed by atoms with E-state index in [4.69, 9.17) is 10.5 Å². The van der Waals surface area contributed by atoms with Crippen LogP contribution in [0.4, 0.5) is 0 Å². The Morgan fingerprint density at radius 1 is 1.27 bits per heavy atom. The lowest BCUT2D eigenvalue weighted by molar-refractivity contribution is -0.123. The highest BCUT2D eigenvalue weighted by atomic mass is 16.5. The topological polar surface area (TPSA) is 64.4 Å². The molecule has 1 amide bonds. The summed E-state index contributed by atoms with van der Waals surface area (Å²) in [6, 6.07) is 11.5. The lowest BCUT2D eigenvalue weighted by Gasteiger charge is -2.19. The lowest BCUT2D eigenvalue weighted by atomic mass is 9.99. The molecule has 0 heterocycles. The molecule has 0 saturated carbocycles. The summed E-state index contributed by atoms with van der Waals surface area (Å²) in [6.45, 7) is 4.43. The molecule has 0 saturated heterocycles. The predicted octanol–water partition coefficient (Wildman–Crippen LogP) is 2.84. The van der Waals surface area contributed by atoms with Gasteiger partial charge in [-0.3, -0.25) is 4.79 Å². The highest BCUT2D eigenvalue weighted by Gasteiger charge is 2.19. The third kappa shape index (κ3) is 3.39. The minimum atomic E-state index is -0.481. The van der Waals surface area contributed by atoms with Crippen LogP contribution < -0.4 is 15.8 Å². The van der Waals surface area contributed by atoms with Gasteiger partial charge in [0, 0.05) is 12.1 Å². The normalized spacial score (nSPS) is 13.6. The quantitative estimate of drug-likeness (QED) is 0.862. The minimum Gasteiger partial charge on any atom is -0.496 e. The molecule has 0 aliphatic carbocycles. The van der Waals surface area contributed by atoms with E-state index in [0.29, 0.717) is 6.54 Å². The van der Waals surface area contributed by atoms with Crippen molar-refractivity contribution in [2.24, 2.45) is 11.7 Å². The van der Waals surface area contributed by atoms with Crippen LogP contribution in [0, 0.1) is 5.92 Å². The van der Waals surface area contributed by atoms with Gasteiger partial charge in [-0.2, -0.15) is 0 Å². The summed E-state index contributed by atoms with van der Waals surface area (Å²) in [5.74, 6) is 0.815. The zero-order chi connectivity index (χ0) is 16.1. The summed E-state index contributed by atoms with van der Waals surface area (Å²) >= 11 is 0. The summed E-state index contributed by atoms with van der Waals surface area (Å²) < 4.78 is 5.43. The molecule has 2 aromatic carbocycles. The molecule has 0 fully saturated rings. The second-order valence-electron chi connectivity index (χ2n) is 5.60. The fourth-order valence-corrected chi connectivity index (χ4v) is 2.50. The van der Waals surface area contributed by atoms with Gasteiger partial charge in [0.05, 0.1) is 13.2 Å². The molecule has 4 heteroatoms. The van der Waals surface area contributed by atoms with E-state index in [1.54, 1.807) is 7.11 Å². The summed E-state index contributed by atoms with van der Waals surface area (Å²) in [5, 5.41) is 5.14. The number of carbonyl (C=O) groups is 1. The van der Waals surface area contributed by atoms with E-state index in [2.05, 4.69) is 5.32 Å². The maximum Gasteiger partial charge on any atom is 0.237 e. The van der Waals surface area contributed by atoms with Gasteiger partial charge >= 0.3 is 0 Å². The number of benzene rings is 2. The highest BCUT2D eigenvalue weighted by molar-refractivity contribution is 5.88. The van der Waals surface area contributed by atoms with Crippen LogP contribution in [0.2, 0.25) is 0 Å². The van der Waals surface area contributed by atoms with Crippen molar-refractivity contribution >= 4 is 16.7 Å². The molecule has 0 bridgehead atoms. The molecule has 2 rings (SSSR count). The van der Waals surface area contributed by atoms with E-state index >= 15 is 0 Å². The van der Waals surface area contributed by atoms with E-state index < -0.39 is 6.04 Å². The number of hydrogen-bond donors (Lipinski definition) is 2. The Morgan fingerprint density at radius 3 is 2.68 bits per heavy atom. The zero-order valence-corrected chi connectivity index (χ0v) is 13.4. The maximum absolute atomic E-state index is 12.2. The van der Waals surface area contributed by atoms with Crippen LogP contribution in [0.5, 0.6) is 5.75 Å². The molecule has 0 aliphatic rings. The molecule has 0 radical (unpaired) electrons. The van der Waals surface area contributed by atoms with Gasteiger partial charge in [-0.1, -0.05) is 50.6 Å². The summed E-state index contributed by atoms with van der Waals surface area (Å²) in [4.78, 5) is 12.2. The van der Waals surface area contributed by atoms with E-state index in [0.717, 1.165) is 28.5 Å². The van der Waals surface area contributed by atoms with Gasteiger partial charge in [0.2, 0.25) is 5.91 Å². The first-order valence-electron chi connectivity index (χ1n) is 7.66. The van der Waals surface area contributed by atoms with Crippen molar-refractivity contribution in [2.45, 2.75) is 32.9 Å². The molecule has 2 unspecified atom stereocenters. The van der Waals surface area contributed by atoms with Gasteiger partial charge in [0.25, 0.3) is 0 Å². The summed E-state index contributed by atoms with van der Waals surface area (Å²) in [6.07, 6.45) is 0.881. The molecular formula is C18H24N2O2. The summed E-state index contributed by atoms with van der Waals surface area (Å²) in [5.41, 5.74) is 6.95. The Morgan fingerprint density at radius 2 is 2.00 bits per heavy atom. The smallest absolute Gasteiger partial charge is 0.237 e. The average Bonchev–Trinajstić information content (AvgIpc) is 2.57. The number of ether oxygens (including phenoxy) is 1. The Kier molecular flexibility index (Phi) is 5.39. The van der Waals surface area contributed by atoms with Crippen LogP contribution in [0.1, 0.15) is 25.8 Å². The average molecular weight is 300 g/mol. The number of rotatable bonds is 6. The Hall–Kier alpha value is -2.07. The fourth-order valence-electron chi connectivity index (χ4n) is 2.50. The van der Waals surface area contributed by atoms with Crippen molar-refractivity contribution in [1.82, 2.24) is 5.32 Å². The van der Waals surface area contributed by atoms with Crippen molar-refractivity contribution in [3.05, 3.63) is 42.0 Å². The standard InChI is InChI=1S/C18H24N2O2/c1-4-12(2)17(19)18(21)20-11-15-14-8-6-5-7-13(14)9-10-16(15)22-3/h5-10,12,17H,4,11,19H2,1-3H3,(H,20,21). The van der Waals surface area contributed by atoms with Crippen molar-refractivity contribution in [3.63, 3.8) is 0 Å². The molecule has 0 aromatic heterocycles. The molecule has 4 nitrogen and oxygen atoms in total. The van der Waals surface area contributed by atoms with Crippen LogP contribution in [0.15, 0.2) is 36.4 Å². The van der Waals surface area contributed by atoms with Gasteiger partial charge in [0.15, 0.2) is 0 Å². The minimum absolute atomic E-state index is 0.121. The Labute approximate surface area is 131 Å². The second-order valence-corrected chi connectivity index (χ2v) is 5.60. The van der Waals surface area contributed by atoms with Gasteiger partial charge < -0.3 is 15.8 Å². The first-order chi connectivity index (χ1) is 10.6.